The van der Waals surface area contributed by atoms with Crippen molar-refractivity contribution in [1.29, 1.82) is 0 Å². The Hall–Kier alpha value is -1.06. The molecule has 9 nitrogen and oxygen atoms in total. The van der Waals surface area contributed by atoms with E-state index in [1.165, 1.54) is 167 Å². The number of phosphoric acid groups is 1. The summed E-state index contributed by atoms with van der Waals surface area (Å²) in [4.78, 5) is 22.6. The normalized spacial score (nSPS) is 14.0. The zero-order valence-electron chi connectivity index (χ0n) is 39.2. The lowest BCUT2D eigenvalue weighted by Crippen LogP contribution is -2.29. The molecule has 0 bridgehead atoms. The van der Waals surface area contributed by atoms with Crippen molar-refractivity contribution in [2.75, 3.05) is 33.0 Å². The van der Waals surface area contributed by atoms with E-state index in [1.54, 1.807) is 0 Å². The highest BCUT2D eigenvalue weighted by atomic mass is 31.2. The van der Waals surface area contributed by atoms with Crippen LogP contribution in [-0.4, -0.2) is 66.3 Å². The number of carbonyl (C=O) groups is 1. The molecule has 0 saturated heterocycles. The van der Waals surface area contributed by atoms with Crippen molar-refractivity contribution in [3.05, 3.63) is 24.3 Å². The number of carbonyl (C=O) groups excluding carboxylic acids is 1. The Morgan fingerprint density at radius 2 is 0.900 bits per heavy atom. The molecule has 0 saturated carbocycles. The van der Waals surface area contributed by atoms with Crippen LogP contribution in [0.15, 0.2) is 24.3 Å². The fraction of sp³-hybridized carbons (Fsp3) is 0.900. The molecular weight excluding hydrogens is 776 g/mol. The van der Waals surface area contributed by atoms with Crippen molar-refractivity contribution >= 4 is 13.8 Å². The number of hydrogen-bond acceptors (Lipinski definition) is 8. The molecule has 0 aliphatic carbocycles. The Balaban J connectivity index is 4.01. The molecule has 0 radical (unpaired) electrons. The van der Waals surface area contributed by atoms with Crippen LogP contribution in [0, 0.1) is 0 Å². The van der Waals surface area contributed by atoms with Gasteiger partial charge in [0.15, 0.2) is 0 Å². The van der Waals surface area contributed by atoms with Crippen molar-refractivity contribution in [2.24, 2.45) is 0 Å². The van der Waals surface area contributed by atoms with E-state index in [0.29, 0.717) is 13.0 Å². The SMILES string of the molecule is CCCCC/C=C\C/C=C\CCCCCCCC(=O)OC(COCCCCCCCCCCCCCCCCCCCCCCCCCC)COP(=O)(O)OCC(O)CO. The molecule has 3 unspecified atom stereocenters. The predicted octanol–water partition coefficient (Wildman–Crippen LogP) is 14.6. The van der Waals surface area contributed by atoms with Crippen LogP contribution in [0.3, 0.4) is 0 Å². The molecule has 0 heterocycles. The fourth-order valence-electron chi connectivity index (χ4n) is 7.27. The summed E-state index contributed by atoms with van der Waals surface area (Å²) >= 11 is 0. The average molecular weight is 873 g/mol. The number of phosphoric ester groups is 1. The summed E-state index contributed by atoms with van der Waals surface area (Å²) in [5, 5.41) is 18.4. The molecule has 0 aliphatic heterocycles. The lowest BCUT2D eigenvalue weighted by molar-refractivity contribution is -0.154. The second-order valence-electron chi connectivity index (χ2n) is 17.2. The summed E-state index contributed by atoms with van der Waals surface area (Å²) in [5.41, 5.74) is 0. The third kappa shape index (κ3) is 46.4. The van der Waals surface area contributed by atoms with Gasteiger partial charge in [-0.2, -0.15) is 0 Å². The minimum atomic E-state index is -4.52. The molecule has 10 heteroatoms. The molecule has 0 aliphatic rings. The van der Waals surface area contributed by atoms with E-state index in [4.69, 9.17) is 23.6 Å². The monoisotopic (exact) mass is 873 g/mol. The van der Waals surface area contributed by atoms with Gasteiger partial charge >= 0.3 is 13.8 Å². The number of rotatable bonds is 49. The highest BCUT2D eigenvalue weighted by Crippen LogP contribution is 2.43. The van der Waals surface area contributed by atoms with Crippen LogP contribution < -0.4 is 0 Å². The predicted molar refractivity (Wildman–Crippen MR) is 251 cm³/mol. The smallest absolute Gasteiger partial charge is 0.457 e. The Morgan fingerprint density at radius 1 is 0.517 bits per heavy atom. The first-order chi connectivity index (χ1) is 29.3. The molecule has 0 amide bonds. The van der Waals surface area contributed by atoms with E-state index in [0.717, 1.165) is 51.4 Å². The molecule has 0 aromatic heterocycles. The third-order valence-corrected chi connectivity index (χ3v) is 12.1. The Morgan fingerprint density at radius 3 is 1.37 bits per heavy atom. The van der Waals surface area contributed by atoms with Crippen LogP contribution in [0.4, 0.5) is 0 Å². The molecule has 0 aromatic carbocycles. The van der Waals surface area contributed by atoms with Gasteiger partial charge in [0.2, 0.25) is 0 Å². The minimum Gasteiger partial charge on any atom is -0.457 e. The van der Waals surface area contributed by atoms with Gasteiger partial charge in [-0.3, -0.25) is 13.8 Å². The molecule has 3 atom stereocenters. The van der Waals surface area contributed by atoms with Crippen molar-refractivity contribution in [1.82, 2.24) is 0 Å². The lowest BCUT2D eigenvalue weighted by atomic mass is 10.0. The van der Waals surface area contributed by atoms with Crippen molar-refractivity contribution in [3.8, 4) is 0 Å². The minimum absolute atomic E-state index is 0.0481. The van der Waals surface area contributed by atoms with Crippen LogP contribution >= 0.6 is 7.82 Å². The number of allylic oxidation sites excluding steroid dienone is 4. The molecule has 0 fully saturated rings. The van der Waals surface area contributed by atoms with Gasteiger partial charge in [-0.25, -0.2) is 4.57 Å². The molecule has 0 rings (SSSR count). The molecule has 356 valence electrons. The molecule has 60 heavy (non-hydrogen) atoms. The quantitative estimate of drug-likeness (QED) is 0.0237. The van der Waals surface area contributed by atoms with E-state index >= 15 is 0 Å². The average Bonchev–Trinajstić information content (AvgIpc) is 3.24. The van der Waals surface area contributed by atoms with Gasteiger partial charge in [0.25, 0.3) is 0 Å². The van der Waals surface area contributed by atoms with E-state index in [2.05, 4.69) is 38.2 Å². The van der Waals surface area contributed by atoms with E-state index < -0.39 is 39.2 Å². The van der Waals surface area contributed by atoms with Gasteiger partial charge < -0.3 is 24.6 Å². The second kappa shape index (κ2) is 47.4. The number of aliphatic hydroxyl groups excluding tert-OH is 2. The molecule has 0 spiro atoms. The van der Waals surface area contributed by atoms with Crippen LogP contribution in [0.1, 0.15) is 245 Å². The Kier molecular flexibility index (Phi) is 46.6. The first-order valence-electron chi connectivity index (χ1n) is 25.3. The van der Waals surface area contributed by atoms with Gasteiger partial charge in [-0.05, 0) is 44.9 Å². The summed E-state index contributed by atoms with van der Waals surface area (Å²) in [7, 11) is -4.52. The van der Waals surface area contributed by atoms with E-state index in [9.17, 15) is 19.4 Å². The Bertz CT molecular complexity index is 991. The first-order valence-corrected chi connectivity index (χ1v) is 26.8. The van der Waals surface area contributed by atoms with Crippen LogP contribution in [-0.2, 0) is 27.9 Å². The fourth-order valence-corrected chi connectivity index (χ4v) is 8.06. The zero-order chi connectivity index (χ0) is 43.9. The van der Waals surface area contributed by atoms with Crippen molar-refractivity contribution in [2.45, 2.75) is 257 Å². The summed E-state index contributed by atoms with van der Waals surface area (Å²) < 4.78 is 33.5. The van der Waals surface area contributed by atoms with Gasteiger partial charge in [0, 0.05) is 13.0 Å². The number of unbranched alkanes of at least 4 members (excludes halogenated alkanes) is 31. The first kappa shape index (κ1) is 58.9. The molecular formula is C50H97O9P. The van der Waals surface area contributed by atoms with Gasteiger partial charge in [0.1, 0.15) is 12.2 Å². The van der Waals surface area contributed by atoms with Gasteiger partial charge in [-0.1, -0.05) is 218 Å². The highest BCUT2D eigenvalue weighted by molar-refractivity contribution is 7.47. The summed E-state index contributed by atoms with van der Waals surface area (Å²) in [6.07, 6.45) is 51.5. The van der Waals surface area contributed by atoms with Gasteiger partial charge in [0.05, 0.1) is 26.4 Å². The standard InChI is InChI=1S/C50H97O9P/c1-3-5-7-9-11-13-15-17-19-20-21-22-23-24-25-26-27-29-31-33-35-37-39-41-43-56-46-49(47-58-60(54,55)57-45-48(52)44-51)59-50(53)42-40-38-36-34-32-30-28-18-16-14-12-10-8-6-4-2/h12,14,18,28,48-49,51-52H,3-11,13,15-17,19-27,29-47H2,1-2H3,(H,54,55)/b14-12-,28-18-. The second-order valence-corrected chi connectivity index (χ2v) is 18.6. The number of ether oxygens (including phenoxy) is 2. The van der Waals surface area contributed by atoms with Crippen LogP contribution in [0.2, 0.25) is 0 Å². The largest absolute Gasteiger partial charge is 0.472 e. The van der Waals surface area contributed by atoms with Gasteiger partial charge in [-0.15, -0.1) is 0 Å². The summed E-state index contributed by atoms with van der Waals surface area (Å²) in [6.45, 7) is 3.52. The molecule has 0 aromatic rings. The van der Waals surface area contributed by atoms with Crippen molar-refractivity contribution in [3.63, 3.8) is 0 Å². The van der Waals surface area contributed by atoms with Crippen molar-refractivity contribution < 1.29 is 43.0 Å². The molecule has 3 N–H and O–H groups in total. The summed E-state index contributed by atoms with van der Waals surface area (Å²) in [6, 6.07) is 0. The van der Waals surface area contributed by atoms with Crippen LogP contribution in [0.25, 0.3) is 0 Å². The van der Waals surface area contributed by atoms with E-state index in [1.807, 2.05) is 0 Å². The number of esters is 1. The zero-order valence-corrected chi connectivity index (χ0v) is 40.1. The maximum Gasteiger partial charge on any atom is 0.472 e. The van der Waals surface area contributed by atoms with Crippen LogP contribution in [0.5, 0.6) is 0 Å². The third-order valence-electron chi connectivity index (χ3n) is 11.1. The maximum atomic E-state index is 12.6. The summed E-state index contributed by atoms with van der Waals surface area (Å²) in [5.74, 6) is -0.392. The highest BCUT2D eigenvalue weighted by Gasteiger charge is 2.26. The Labute approximate surface area is 370 Å². The lowest BCUT2D eigenvalue weighted by Gasteiger charge is -2.20. The van der Waals surface area contributed by atoms with E-state index in [-0.39, 0.29) is 19.6 Å². The number of hydrogen-bond donors (Lipinski definition) is 3. The topological polar surface area (TPSA) is 132 Å². The number of aliphatic hydroxyl groups is 2. The maximum absolute atomic E-state index is 12.6.